The van der Waals surface area contributed by atoms with Gasteiger partial charge in [0.25, 0.3) is 0 Å². The molecule has 0 amide bonds. The number of hydrogen-bond donors (Lipinski definition) is 4. The fourth-order valence-electron chi connectivity index (χ4n) is 1.67. The second-order valence-corrected chi connectivity index (χ2v) is 3.77. The maximum absolute atomic E-state index is 9.86. The van der Waals surface area contributed by atoms with Crippen molar-refractivity contribution in [3.63, 3.8) is 0 Å². The van der Waals surface area contributed by atoms with Crippen molar-refractivity contribution in [1.29, 1.82) is 0 Å². The molecule has 0 saturated heterocycles. The lowest BCUT2D eigenvalue weighted by Gasteiger charge is -2.16. The molecule has 16 heavy (non-hydrogen) atoms. The summed E-state index contributed by atoms with van der Waals surface area (Å²) >= 11 is 0. The van der Waals surface area contributed by atoms with Gasteiger partial charge in [0.1, 0.15) is 11.8 Å². The van der Waals surface area contributed by atoms with E-state index in [1.807, 2.05) is 12.1 Å². The molecule has 5 heteroatoms. The number of H-pyrrole nitrogens is 1. The lowest BCUT2D eigenvalue weighted by atomic mass is 10.0. The molecule has 0 radical (unpaired) electrons. The van der Waals surface area contributed by atoms with Gasteiger partial charge in [-0.3, -0.25) is 0 Å². The van der Waals surface area contributed by atoms with Crippen LogP contribution in [0.3, 0.4) is 0 Å². The summed E-state index contributed by atoms with van der Waals surface area (Å²) in [6, 6.07) is 3.68. The van der Waals surface area contributed by atoms with Crippen LogP contribution < -0.4 is 5.73 Å². The van der Waals surface area contributed by atoms with Crippen LogP contribution in [0.2, 0.25) is 0 Å². The molecule has 0 saturated carbocycles. The summed E-state index contributed by atoms with van der Waals surface area (Å²) < 4.78 is 0. The predicted octanol–water partition coefficient (Wildman–Crippen LogP) is 0.306. The summed E-state index contributed by atoms with van der Waals surface area (Å²) in [6.07, 6.45) is 1.93. The van der Waals surface area contributed by atoms with Crippen LogP contribution in [0.15, 0.2) is 24.5 Å². The van der Waals surface area contributed by atoms with Crippen molar-refractivity contribution in [3.8, 4) is 0 Å². The van der Waals surface area contributed by atoms with Crippen LogP contribution in [-0.4, -0.2) is 32.8 Å². The highest BCUT2D eigenvalue weighted by Gasteiger charge is 2.18. The van der Waals surface area contributed by atoms with Gasteiger partial charge in [-0.05, 0) is 25.1 Å². The van der Waals surface area contributed by atoms with Crippen LogP contribution in [0, 0.1) is 0 Å². The smallest absolute Gasteiger partial charge is 0.137 e. The summed E-state index contributed by atoms with van der Waals surface area (Å²) in [7, 11) is 0. The van der Waals surface area contributed by atoms with Crippen LogP contribution in [0.5, 0.6) is 0 Å². The van der Waals surface area contributed by atoms with E-state index < -0.39 is 12.2 Å². The van der Waals surface area contributed by atoms with Crippen LogP contribution in [0.4, 0.5) is 0 Å². The standard InChI is InChI=1S/C11H15N3O2/c12-3-1-9(15)10(16)8-5-7-2-4-13-11(7)14-6-8/h2,4-6,9-10,15-16H,1,3,12H2,(H,13,14). The predicted molar refractivity (Wildman–Crippen MR) is 60.7 cm³/mol. The average Bonchev–Trinajstić information content (AvgIpc) is 2.75. The Bertz CT molecular complexity index is 469. The van der Waals surface area contributed by atoms with E-state index in [1.54, 1.807) is 12.4 Å². The van der Waals surface area contributed by atoms with E-state index in [4.69, 9.17) is 5.73 Å². The minimum atomic E-state index is -0.935. The first kappa shape index (κ1) is 11.1. The molecule has 2 rings (SSSR count). The average molecular weight is 221 g/mol. The number of aliphatic hydroxyl groups excluding tert-OH is 2. The van der Waals surface area contributed by atoms with Crippen LogP contribution in [-0.2, 0) is 0 Å². The van der Waals surface area contributed by atoms with Crippen molar-refractivity contribution in [2.45, 2.75) is 18.6 Å². The highest BCUT2D eigenvalue weighted by molar-refractivity contribution is 5.75. The summed E-state index contributed by atoms with van der Waals surface area (Å²) in [5.74, 6) is 0. The van der Waals surface area contributed by atoms with E-state index in [9.17, 15) is 10.2 Å². The second kappa shape index (κ2) is 4.61. The number of fused-ring (bicyclic) bond motifs is 1. The molecule has 0 bridgehead atoms. The molecule has 5 nitrogen and oxygen atoms in total. The lowest BCUT2D eigenvalue weighted by molar-refractivity contribution is 0.0149. The molecule has 2 heterocycles. The van der Waals surface area contributed by atoms with Gasteiger partial charge in [0, 0.05) is 23.3 Å². The second-order valence-electron chi connectivity index (χ2n) is 3.77. The molecule has 0 aliphatic rings. The van der Waals surface area contributed by atoms with Crippen molar-refractivity contribution in [1.82, 2.24) is 9.97 Å². The Kier molecular flexibility index (Phi) is 3.19. The van der Waals surface area contributed by atoms with Gasteiger partial charge in [-0.1, -0.05) is 0 Å². The monoisotopic (exact) mass is 221 g/mol. The van der Waals surface area contributed by atoms with Crippen molar-refractivity contribution >= 4 is 11.0 Å². The lowest BCUT2D eigenvalue weighted by Crippen LogP contribution is -2.21. The Labute approximate surface area is 92.9 Å². The molecule has 2 atom stereocenters. The van der Waals surface area contributed by atoms with Crippen molar-refractivity contribution in [3.05, 3.63) is 30.1 Å². The first-order valence-corrected chi connectivity index (χ1v) is 5.21. The first-order chi connectivity index (χ1) is 7.72. The zero-order valence-corrected chi connectivity index (χ0v) is 8.80. The summed E-state index contributed by atoms with van der Waals surface area (Å²) in [5.41, 5.74) is 6.70. The van der Waals surface area contributed by atoms with Gasteiger partial charge in [-0.15, -0.1) is 0 Å². The third-order valence-electron chi connectivity index (χ3n) is 2.59. The van der Waals surface area contributed by atoms with Crippen LogP contribution in [0.25, 0.3) is 11.0 Å². The van der Waals surface area contributed by atoms with E-state index in [1.165, 1.54) is 0 Å². The van der Waals surface area contributed by atoms with Gasteiger partial charge in [0.15, 0.2) is 0 Å². The molecular formula is C11H15N3O2. The largest absolute Gasteiger partial charge is 0.390 e. The Balaban J connectivity index is 2.24. The maximum Gasteiger partial charge on any atom is 0.137 e. The van der Waals surface area contributed by atoms with Gasteiger partial charge in [0.05, 0.1) is 6.10 Å². The minimum absolute atomic E-state index is 0.345. The van der Waals surface area contributed by atoms with E-state index >= 15 is 0 Å². The quantitative estimate of drug-likeness (QED) is 0.597. The fourth-order valence-corrected chi connectivity index (χ4v) is 1.67. The molecule has 2 aromatic heterocycles. The number of nitrogens with one attached hydrogen (secondary N) is 1. The molecule has 0 aromatic carbocycles. The molecule has 0 aliphatic heterocycles. The number of aromatic amines is 1. The molecule has 86 valence electrons. The first-order valence-electron chi connectivity index (χ1n) is 5.21. The third kappa shape index (κ3) is 2.06. The number of nitrogens with zero attached hydrogens (tertiary/aromatic N) is 1. The molecule has 0 spiro atoms. The Morgan fingerprint density at radius 2 is 2.25 bits per heavy atom. The van der Waals surface area contributed by atoms with Gasteiger partial charge in [-0.2, -0.15) is 0 Å². The number of pyridine rings is 1. The van der Waals surface area contributed by atoms with Crippen LogP contribution in [0.1, 0.15) is 18.1 Å². The van der Waals surface area contributed by atoms with Gasteiger partial charge >= 0.3 is 0 Å². The highest BCUT2D eigenvalue weighted by Crippen LogP contribution is 2.21. The Morgan fingerprint density at radius 3 is 3.00 bits per heavy atom. The van der Waals surface area contributed by atoms with Gasteiger partial charge in [-0.25, -0.2) is 4.98 Å². The Morgan fingerprint density at radius 1 is 1.44 bits per heavy atom. The SMILES string of the molecule is NCCC(O)C(O)c1cnc2[nH]ccc2c1. The molecule has 2 unspecified atom stereocenters. The van der Waals surface area contributed by atoms with E-state index in [0.29, 0.717) is 18.5 Å². The normalized spacial score (nSPS) is 15.2. The summed E-state index contributed by atoms with van der Waals surface area (Å²) in [5, 5.41) is 20.4. The van der Waals surface area contributed by atoms with Crippen molar-refractivity contribution in [2.24, 2.45) is 5.73 Å². The number of nitrogens with two attached hydrogens (primary N) is 1. The van der Waals surface area contributed by atoms with Gasteiger partial charge < -0.3 is 20.9 Å². The zero-order chi connectivity index (χ0) is 11.5. The zero-order valence-electron chi connectivity index (χ0n) is 8.80. The van der Waals surface area contributed by atoms with E-state index in [2.05, 4.69) is 9.97 Å². The number of hydrogen-bond acceptors (Lipinski definition) is 4. The molecule has 2 aromatic rings. The topological polar surface area (TPSA) is 95.2 Å². The number of aliphatic hydroxyl groups is 2. The van der Waals surface area contributed by atoms with Gasteiger partial charge in [0.2, 0.25) is 0 Å². The molecule has 0 aliphatic carbocycles. The highest BCUT2D eigenvalue weighted by atomic mass is 16.3. The molecule has 0 fully saturated rings. The maximum atomic E-state index is 9.86. The molecular weight excluding hydrogens is 206 g/mol. The summed E-state index contributed by atoms with van der Waals surface area (Å²) in [4.78, 5) is 7.11. The van der Waals surface area contributed by atoms with E-state index in [-0.39, 0.29) is 0 Å². The third-order valence-corrected chi connectivity index (χ3v) is 2.59. The van der Waals surface area contributed by atoms with Crippen molar-refractivity contribution in [2.75, 3.05) is 6.54 Å². The number of aromatic nitrogens is 2. The summed E-state index contributed by atoms with van der Waals surface area (Å²) in [6.45, 7) is 0.345. The number of rotatable bonds is 4. The minimum Gasteiger partial charge on any atom is -0.390 e. The van der Waals surface area contributed by atoms with E-state index in [0.717, 1.165) is 11.0 Å². The van der Waals surface area contributed by atoms with Crippen LogP contribution >= 0.6 is 0 Å². The molecule has 5 N–H and O–H groups in total. The van der Waals surface area contributed by atoms with Crippen molar-refractivity contribution < 1.29 is 10.2 Å². The Hall–Kier alpha value is -1.43. The fraction of sp³-hybridized carbons (Fsp3) is 0.364.